The third-order valence-corrected chi connectivity index (χ3v) is 3.24. The zero-order chi connectivity index (χ0) is 12.4. The van der Waals surface area contributed by atoms with Crippen molar-refractivity contribution in [3.05, 3.63) is 59.8 Å². The molecule has 3 rings (SSSR count). The molecule has 2 aromatic rings. The van der Waals surface area contributed by atoms with Gasteiger partial charge in [-0.05, 0) is 24.1 Å². The van der Waals surface area contributed by atoms with Crippen molar-refractivity contribution in [1.29, 1.82) is 5.26 Å². The number of nitrogens with one attached hydrogen (secondary N) is 1. The van der Waals surface area contributed by atoms with Gasteiger partial charge < -0.3 is 5.32 Å². The molecule has 18 heavy (non-hydrogen) atoms. The van der Waals surface area contributed by atoms with Crippen LogP contribution < -0.4 is 5.32 Å². The van der Waals surface area contributed by atoms with E-state index in [1.165, 1.54) is 5.56 Å². The van der Waals surface area contributed by atoms with E-state index in [0.29, 0.717) is 17.5 Å². The fourth-order valence-corrected chi connectivity index (χ4v) is 2.16. The predicted octanol–water partition coefficient (Wildman–Crippen LogP) is 2.92. The number of nitrogens with zero attached hydrogens (tertiary/aromatic N) is 2. The van der Waals surface area contributed by atoms with Crippen molar-refractivity contribution >= 4 is 5.82 Å². The summed E-state index contributed by atoms with van der Waals surface area (Å²) in [6.07, 6.45) is 2.74. The SMILES string of the molecule is N#Cc1ccc(NC2CC2c2ccccc2)nc1. The fourth-order valence-electron chi connectivity index (χ4n) is 2.16. The molecule has 0 saturated heterocycles. The molecule has 1 fully saturated rings. The molecular weight excluding hydrogens is 222 g/mol. The van der Waals surface area contributed by atoms with Gasteiger partial charge in [-0.3, -0.25) is 0 Å². The topological polar surface area (TPSA) is 48.7 Å². The Labute approximate surface area is 106 Å². The lowest BCUT2D eigenvalue weighted by molar-refractivity contribution is 1.03. The Balaban J connectivity index is 1.64. The van der Waals surface area contributed by atoms with Crippen molar-refractivity contribution in [1.82, 2.24) is 4.98 Å². The van der Waals surface area contributed by atoms with Crippen LogP contribution in [0.15, 0.2) is 48.7 Å². The highest BCUT2D eigenvalue weighted by atomic mass is 15.0. The summed E-state index contributed by atoms with van der Waals surface area (Å²) >= 11 is 0. The van der Waals surface area contributed by atoms with E-state index in [4.69, 9.17) is 5.26 Å². The molecule has 1 saturated carbocycles. The molecule has 3 heteroatoms. The molecule has 1 aliphatic rings. The van der Waals surface area contributed by atoms with Gasteiger partial charge in [0.1, 0.15) is 11.9 Å². The standard InChI is InChI=1S/C15H13N3/c16-9-11-6-7-15(17-10-11)18-14-8-13(14)12-4-2-1-3-5-12/h1-7,10,13-14H,8H2,(H,17,18). The third-order valence-electron chi connectivity index (χ3n) is 3.24. The molecule has 3 nitrogen and oxygen atoms in total. The van der Waals surface area contributed by atoms with E-state index in [2.05, 4.69) is 40.6 Å². The van der Waals surface area contributed by atoms with Crippen LogP contribution in [-0.4, -0.2) is 11.0 Å². The lowest BCUT2D eigenvalue weighted by Crippen LogP contribution is -2.05. The van der Waals surface area contributed by atoms with Gasteiger partial charge in [0.25, 0.3) is 0 Å². The van der Waals surface area contributed by atoms with Gasteiger partial charge in [-0.25, -0.2) is 4.98 Å². The third kappa shape index (κ3) is 2.18. The molecular formula is C15H13N3. The van der Waals surface area contributed by atoms with Crippen molar-refractivity contribution in [2.24, 2.45) is 0 Å². The van der Waals surface area contributed by atoms with Crippen molar-refractivity contribution < 1.29 is 0 Å². The zero-order valence-electron chi connectivity index (χ0n) is 9.88. The second-order valence-corrected chi connectivity index (χ2v) is 4.55. The molecule has 2 atom stereocenters. The molecule has 1 aliphatic carbocycles. The normalized spacial score (nSPS) is 21.1. The highest BCUT2D eigenvalue weighted by Gasteiger charge is 2.38. The van der Waals surface area contributed by atoms with Crippen LogP contribution in [0.2, 0.25) is 0 Å². The van der Waals surface area contributed by atoms with Crippen molar-refractivity contribution in [3.8, 4) is 6.07 Å². The van der Waals surface area contributed by atoms with Crippen LogP contribution in [0.3, 0.4) is 0 Å². The number of rotatable bonds is 3. The second kappa shape index (κ2) is 4.50. The first kappa shape index (κ1) is 10.8. The number of hydrogen-bond donors (Lipinski definition) is 1. The Morgan fingerprint density at radius 1 is 1.17 bits per heavy atom. The van der Waals surface area contributed by atoms with E-state index in [-0.39, 0.29) is 0 Å². The first-order valence-electron chi connectivity index (χ1n) is 6.04. The van der Waals surface area contributed by atoms with E-state index in [9.17, 15) is 0 Å². The van der Waals surface area contributed by atoms with Crippen LogP contribution in [0.1, 0.15) is 23.5 Å². The summed E-state index contributed by atoms with van der Waals surface area (Å²) in [4.78, 5) is 4.22. The molecule has 1 heterocycles. The Bertz CT molecular complexity index is 569. The smallest absolute Gasteiger partial charge is 0.126 e. The van der Waals surface area contributed by atoms with Crippen LogP contribution in [0.5, 0.6) is 0 Å². The Morgan fingerprint density at radius 2 is 2.00 bits per heavy atom. The number of pyridine rings is 1. The maximum atomic E-state index is 8.70. The van der Waals surface area contributed by atoms with Crippen molar-refractivity contribution in [2.45, 2.75) is 18.4 Å². The molecule has 1 aromatic carbocycles. The first-order chi connectivity index (χ1) is 8.86. The quantitative estimate of drug-likeness (QED) is 0.889. The number of nitriles is 1. The number of aromatic nitrogens is 1. The van der Waals surface area contributed by atoms with E-state index >= 15 is 0 Å². The van der Waals surface area contributed by atoms with Gasteiger partial charge in [0, 0.05) is 18.2 Å². The van der Waals surface area contributed by atoms with Gasteiger partial charge in [-0.1, -0.05) is 30.3 Å². The van der Waals surface area contributed by atoms with Gasteiger partial charge >= 0.3 is 0 Å². The Hall–Kier alpha value is -2.34. The van der Waals surface area contributed by atoms with Gasteiger partial charge in [-0.2, -0.15) is 5.26 Å². The zero-order valence-corrected chi connectivity index (χ0v) is 9.88. The van der Waals surface area contributed by atoms with Gasteiger partial charge in [0.2, 0.25) is 0 Å². The monoisotopic (exact) mass is 235 g/mol. The highest BCUT2D eigenvalue weighted by Crippen LogP contribution is 2.42. The van der Waals surface area contributed by atoms with Crippen LogP contribution in [0.25, 0.3) is 0 Å². The second-order valence-electron chi connectivity index (χ2n) is 4.55. The lowest BCUT2D eigenvalue weighted by atomic mass is 10.1. The highest BCUT2D eigenvalue weighted by molar-refractivity contribution is 5.43. The molecule has 0 radical (unpaired) electrons. The van der Waals surface area contributed by atoms with Crippen LogP contribution >= 0.6 is 0 Å². The molecule has 88 valence electrons. The van der Waals surface area contributed by atoms with Crippen molar-refractivity contribution in [3.63, 3.8) is 0 Å². The summed E-state index contributed by atoms with van der Waals surface area (Å²) < 4.78 is 0. The predicted molar refractivity (Wildman–Crippen MR) is 70.2 cm³/mol. The summed E-state index contributed by atoms with van der Waals surface area (Å²) in [7, 11) is 0. The number of hydrogen-bond acceptors (Lipinski definition) is 3. The fraction of sp³-hybridized carbons (Fsp3) is 0.200. The summed E-state index contributed by atoms with van der Waals surface area (Å²) in [5.41, 5.74) is 1.97. The van der Waals surface area contributed by atoms with Crippen LogP contribution in [0, 0.1) is 11.3 Å². The van der Waals surface area contributed by atoms with Gasteiger partial charge in [0.15, 0.2) is 0 Å². The minimum absolute atomic E-state index is 0.466. The maximum Gasteiger partial charge on any atom is 0.126 e. The van der Waals surface area contributed by atoms with Gasteiger partial charge in [0.05, 0.1) is 5.56 Å². The Kier molecular flexibility index (Phi) is 2.70. The summed E-state index contributed by atoms with van der Waals surface area (Å²) in [6.45, 7) is 0. The lowest BCUT2D eigenvalue weighted by Gasteiger charge is -2.04. The van der Waals surface area contributed by atoms with Gasteiger partial charge in [-0.15, -0.1) is 0 Å². The van der Waals surface area contributed by atoms with Crippen molar-refractivity contribution in [2.75, 3.05) is 5.32 Å². The van der Waals surface area contributed by atoms with E-state index in [1.807, 2.05) is 12.1 Å². The molecule has 0 bridgehead atoms. The van der Waals surface area contributed by atoms with Crippen LogP contribution in [0.4, 0.5) is 5.82 Å². The molecule has 0 spiro atoms. The average molecular weight is 235 g/mol. The molecule has 0 amide bonds. The van der Waals surface area contributed by atoms with E-state index in [1.54, 1.807) is 12.3 Å². The molecule has 1 aromatic heterocycles. The molecule has 0 aliphatic heterocycles. The molecule has 1 N–H and O–H groups in total. The largest absolute Gasteiger partial charge is 0.367 e. The van der Waals surface area contributed by atoms with E-state index < -0.39 is 0 Å². The summed E-state index contributed by atoms with van der Waals surface area (Å²) in [5, 5.41) is 12.1. The molecule has 2 unspecified atom stereocenters. The maximum absolute atomic E-state index is 8.70. The number of anilines is 1. The average Bonchev–Trinajstić information content (AvgIpc) is 3.20. The minimum atomic E-state index is 0.466. The summed E-state index contributed by atoms with van der Waals surface area (Å²) in [5.74, 6) is 1.43. The Morgan fingerprint density at radius 3 is 2.67 bits per heavy atom. The van der Waals surface area contributed by atoms with Crippen LogP contribution in [-0.2, 0) is 0 Å². The first-order valence-corrected chi connectivity index (χ1v) is 6.04. The minimum Gasteiger partial charge on any atom is -0.367 e. The van der Waals surface area contributed by atoms with E-state index in [0.717, 1.165) is 12.2 Å². The number of benzene rings is 1. The summed E-state index contributed by atoms with van der Waals surface area (Å²) in [6, 6.07) is 16.7.